The van der Waals surface area contributed by atoms with Crippen LogP contribution in [0.2, 0.25) is 5.02 Å². The summed E-state index contributed by atoms with van der Waals surface area (Å²) in [6.45, 7) is 7.10. The van der Waals surface area contributed by atoms with Crippen LogP contribution in [-0.4, -0.2) is 37.2 Å². The van der Waals surface area contributed by atoms with Crippen LogP contribution >= 0.6 is 11.6 Å². The van der Waals surface area contributed by atoms with Gasteiger partial charge in [-0.05, 0) is 62.2 Å². The molecule has 0 saturated carbocycles. The van der Waals surface area contributed by atoms with Crippen LogP contribution in [0.15, 0.2) is 41.4 Å². The molecule has 0 aliphatic carbocycles. The van der Waals surface area contributed by atoms with E-state index in [1.807, 2.05) is 56.4 Å². The van der Waals surface area contributed by atoms with Gasteiger partial charge in [-0.25, -0.2) is 4.99 Å². The third-order valence-electron chi connectivity index (χ3n) is 4.01. The highest BCUT2D eigenvalue weighted by molar-refractivity contribution is 6.30. The molecule has 0 aliphatic heterocycles. The summed E-state index contributed by atoms with van der Waals surface area (Å²) < 4.78 is 0. The average Bonchev–Trinajstić information content (AvgIpc) is 2.59. The Balaban J connectivity index is 2.12. The summed E-state index contributed by atoms with van der Waals surface area (Å²) in [4.78, 5) is 19.1. The first kappa shape index (κ1) is 19.0. The van der Waals surface area contributed by atoms with Crippen molar-refractivity contribution in [1.82, 2.24) is 4.90 Å². The first-order valence-electron chi connectivity index (χ1n) is 8.29. The highest BCUT2D eigenvalue weighted by atomic mass is 35.5. The maximum Gasteiger partial charge on any atom is 0.182 e. The van der Waals surface area contributed by atoms with Gasteiger partial charge in [0.05, 0.1) is 18.6 Å². The Hall–Kier alpha value is -2.33. The second-order valence-electron chi connectivity index (χ2n) is 6.06. The molecule has 2 aromatic carbocycles. The van der Waals surface area contributed by atoms with E-state index in [9.17, 15) is 4.79 Å². The highest BCUT2D eigenvalue weighted by Gasteiger charge is 2.12. The highest BCUT2D eigenvalue weighted by Crippen LogP contribution is 2.24. The maximum atomic E-state index is 12.6. The van der Waals surface area contributed by atoms with Crippen molar-refractivity contribution in [3.63, 3.8) is 0 Å². The molecule has 1 N–H and O–H groups in total. The average molecular weight is 358 g/mol. The zero-order valence-corrected chi connectivity index (χ0v) is 15.9. The summed E-state index contributed by atoms with van der Waals surface area (Å²) in [5.41, 5.74) is 4.35. The molecule has 0 bridgehead atoms. The summed E-state index contributed by atoms with van der Waals surface area (Å²) in [7, 11) is 1.98. The molecular weight excluding hydrogens is 334 g/mol. The number of nitrogens with one attached hydrogen (secondary N) is 1. The van der Waals surface area contributed by atoms with Crippen LogP contribution in [-0.2, 0) is 0 Å². The number of rotatable bonds is 7. The van der Waals surface area contributed by atoms with Gasteiger partial charge < -0.3 is 10.2 Å². The second kappa shape index (κ2) is 8.67. The molecule has 5 heteroatoms. The van der Waals surface area contributed by atoms with Crippen molar-refractivity contribution in [2.45, 2.75) is 20.8 Å². The van der Waals surface area contributed by atoms with E-state index in [0.717, 1.165) is 34.6 Å². The van der Waals surface area contributed by atoms with E-state index in [1.54, 1.807) is 12.1 Å². The number of ketones is 1. The molecule has 4 nitrogen and oxygen atoms in total. The van der Waals surface area contributed by atoms with Gasteiger partial charge in [0.1, 0.15) is 0 Å². The molecular formula is C20H24ClN3O. The van der Waals surface area contributed by atoms with Crippen LogP contribution < -0.4 is 5.32 Å². The maximum absolute atomic E-state index is 12.6. The Kier molecular flexibility index (Phi) is 6.59. The van der Waals surface area contributed by atoms with Crippen molar-refractivity contribution in [3.8, 4) is 0 Å². The number of nitrogens with zero attached hydrogens (tertiary/aromatic N) is 2. The molecule has 0 aromatic heterocycles. The smallest absolute Gasteiger partial charge is 0.182 e. The lowest BCUT2D eigenvalue weighted by Crippen LogP contribution is -2.15. The normalized spacial score (nSPS) is 10.9. The van der Waals surface area contributed by atoms with Gasteiger partial charge in [-0.15, -0.1) is 0 Å². The predicted molar refractivity (Wildman–Crippen MR) is 107 cm³/mol. The van der Waals surface area contributed by atoms with Gasteiger partial charge in [-0.2, -0.15) is 0 Å². The summed E-state index contributed by atoms with van der Waals surface area (Å²) in [5.74, 6) is 0.0433. The number of aliphatic imine (C=N–C) groups is 1. The summed E-state index contributed by atoms with van der Waals surface area (Å²) in [6, 6.07) is 11.2. The van der Waals surface area contributed by atoms with Crippen LogP contribution in [0.5, 0.6) is 0 Å². The number of carbonyl (C=O) groups excluding carboxylic acids is 1. The van der Waals surface area contributed by atoms with E-state index in [0.29, 0.717) is 5.02 Å². The number of carbonyl (C=O) groups is 1. The number of Topliss-reactive ketones (excluding diaryl/α,β-unsaturated/α-hetero) is 1. The molecule has 0 unspecified atom stereocenters. The lowest BCUT2D eigenvalue weighted by atomic mass is 10.0. The van der Waals surface area contributed by atoms with Crippen molar-refractivity contribution in [3.05, 3.63) is 58.1 Å². The van der Waals surface area contributed by atoms with Gasteiger partial charge in [0, 0.05) is 29.9 Å². The van der Waals surface area contributed by atoms with E-state index in [-0.39, 0.29) is 12.3 Å². The summed E-state index contributed by atoms with van der Waals surface area (Å²) >= 11 is 5.96. The molecule has 0 heterocycles. The standard InChI is InChI=1S/C20H24ClN3O/c1-5-24(4)13-23-19-10-14(2)18(9-15(19)3)20(25)12-22-17-8-6-7-16(21)11-17/h6-11,13,22H,5,12H2,1-4H3/b23-13-. The summed E-state index contributed by atoms with van der Waals surface area (Å²) in [5, 5.41) is 3.76. The van der Waals surface area contributed by atoms with E-state index in [1.165, 1.54) is 0 Å². The fraction of sp³-hybridized carbons (Fsp3) is 0.300. The molecule has 2 aromatic rings. The molecule has 2 rings (SSSR count). The minimum Gasteiger partial charge on any atom is -0.378 e. The van der Waals surface area contributed by atoms with Crippen LogP contribution in [0.1, 0.15) is 28.4 Å². The Morgan fingerprint density at radius 2 is 2.00 bits per heavy atom. The van der Waals surface area contributed by atoms with Gasteiger partial charge in [0.15, 0.2) is 5.78 Å². The zero-order chi connectivity index (χ0) is 18.4. The van der Waals surface area contributed by atoms with E-state index >= 15 is 0 Å². The Labute approximate surface area is 154 Å². The SMILES string of the molecule is CCN(C)/C=N\c1cc(C)c(C(=O)CNc2cccc(Cl)c2)cc1C. The number of hydrogen-bond donors (Lipinski definition) is 1. The molecule has 0 fully saturated rings. The Morgan fingerprint density at radius 1 is 1.24 bits per heavy atom. The topological polar surface area (TPSA) is 44.7 Å². The van der Waals surface area contributed by atoms with Gasteiger partial charge in [-0.3, -0.25) is 4.79 Å². The fourth-order valence-electron chi connectivity index (χ4n) is 2.36. The lowest BCUT2D eigenvalue weighted by Gasteiger charge is -2.12. The van der Waals surface area contributed by atoms with E-state index < -0.39 is 0 Å². The first-order valence-corrected chi connectivity index (χ1v) is 8.66. The van der Waals surface area contributed by atoms with Crippen molar-refractivity contribution < 1.29 is 4.79 Å². The van der Waals surface area contributed by atoms with Crippen LogP contribution in [0.4, 0.5) is 11.4 Å². The monoisotopic (exact) mass is 357 g/mol. The van der Waals surface area contributed by atoms with Gasteiger partial charge in [-0.1, -0.05) is 17.7 Å². The number of halogens is 1. The molecule has 0 spiro atoms. The number of benzene rings is 2. The minimum atomic E-state index is 0.0433. The third-order valence-corrected chi connectivity index (χ3v) is 4.25. The fourth-order valence-corrected chi connectivity index (χ4v) is 2.55. The Morgan fingerprint density at radius 3 is 2.68 bits per heavy atom. The molecule has 0 amide bonds. The molecule has 132 valence electrons. The zero-order valence-electron chi connectivity index (χ0n) is 15.1. The quantitative estimate of drug-likeness (QED) is 0.437. The molecule has 0 saturated heterocycles. The number of hydrogen-bond acceptors (Lipinski definition) is 3. The van der Waals surface area contributed by atoms with Crippen LogP contribution in [0.3, 0.4) is 0 Å². The Bertz CT molecular complexity index is 787. The lowest BCUT2D eigenvalue weighted by molar-refractivity contribution is 0.101. The van der Waals surface area contributed by atoms with Crippen molar-refractivity contribution >= 4 is 35.1 Å². The molecule has 0 aliphatic rings. The van der Waals surface area contributed by atoms with Gasteiger partial charge >= 0.3 is 0 Å². The molecule has 0 radical (unpaired) electrons. The van der Waals surface area contributed by atoms with Crippen molar-refractivity contribution in [1.29, 1.82) is 0 Å². The number of anilines is 1. The largest absolute Gasteiger partial charge is 0.378 e. The molecule has 25 heavy (non-hydrogen) atoms. The predicted octanol–water partition coefficient (Wildman–Crippen LogP) is 4.86. The van der Waals surface area contributed by atoms with Crippen molar-refractivity contribution in [2.75, 3.05) is 25.5 Å². The van der Waals surface area contributed by atoms with Gasteiger partial charge in [0.2, 0.25) is 0 Å². The number of aryl methyl sites for hydroxylation is 2. The first-order chi connectivity index (χ1) is 11.9. The summed E-state index contributed by atoms with van der Waals surface area (Å²) in [6.07, 6.45) is 1.81. The second-order valence-corrected chi connectivity index (χ2v) is 6.49. The van der Waals surface area contributed by atoms with Crippen molar-refractivity contribution in [2.24, 2.45) is 4.99 Å². The third kappa shape index (κ3) is 5.33. The van der Waals surface area contributed by atoms with E-state index in [4.69, 9.17) is 11.6 Å². The van der Waals surface area contributed by atoms with Crippen LogP contribution in [0, 0.1) is 13.8 Å². The minimum absolute atomic E-state index is 0.0433. The molecule has 0 atom stereocenters. The van der Waals surface area contributed by atoms with E-state index in [2.05, 4.69) is 17.2 Å². The van der Waals surface area contributed by atoms with Gasteiger partial charge in [0.25, 0.3) is 0 Å². The van der Waals surface area contributed by atoms with Crippen LogP contribution in [0.25, 0.3) is 0 Å².